The molecular weight excluding hydrogens is 246 g/mol. The first kappa shape index (κ1) is 13.6. The molecule has 1 aromatic rings. The summed E-state index contributed by atoms with van der Waals surface area (Å²) in [5, 5.41) is 13.1. The van der Waals surface area contributed by atoms with Crippen molar-refractivity contribution in [3.05, 3.63) is 35.9 Å². The lowest BCUT2D eigenvalue weighted by Gasteiger charge is -2.30. The van der Waals surface area contributed by atoms with Crippen LogP contribution in [0.4, 0.5) is 0 Å². The van der Waals surface area contributed by atoms with Crippen LogP contribution in [0, 0.1) is 11.3 Å². The Balaban J connectivity index is 1.67. The normalized spacial score (nSPS) is 28.4. The van der Waals surface area contributed by atoms with Gasteiger partial charge in [0.2, 0.25) is 0 Å². The molecule has 20 heavy (non-hydrogen) atoms. The minimum Gasteiger partial charge on any atom is -0.312 e. The summed E-state index contributed by atoms with van der Waals surface area (Å²) in [6, 6.07) is 14.0. The molecule has 2 aliphatic rings. The second-order valence-electron chi connectivity index (χ2n) is 6.00. The van der Waals surface area contributed by atoms with Crippen LogP contribution in [-0.4, -0.2) is 36.6 Å². The molecule has 0 amide bonds. The van der Waals surface area contributed by atoms with Gasteiger partial charge in [-0.3, -0.25) is 4.90 Å². The van der Waals surface area contributed by atoms with E-state index in [0.717, 1.165) is 25.2 Å². The molecule has 0 radical (unpaired) electrons. The summed E-state index contributed by atoms with van der Waals surface area (Å²) in [6.07, 6.45) is 5.15. The van der Waals surface area contributed by atoms with Crippen LogP contribution in [-0.2, 0) is 0 Å². The first-order valence-corrected chi connectivity index (χ1v) is 7.80. The quantitative estimate of drug-likeness (QED) is 0.913. The predicted octanol–water partition coefficient (Wildman–Crippen LogP) is 2.51. The molecule has 1 aromatic carbocycles. The molecule has 0 bridgehead atoms. The zero-order chi connectivity index (χ0) is 13.8. The van der Waals surface area contributed by atoms with Gasteiger partial charge in [-0.05, 0) is 44.3 Å². The molecule has 0 aromatic heterocycles. The van der Waals surface area contributed by atoms with Gasteiger partial charge >= 0.3 is 0 Å². The number of hydrogen-bond acceptors (Lipinski definition) is 3. The highest BCUT2D eigenvalue weighted by Gasteiger charge is 2.34. The van der Waals surface area contributed by atoms with Crippen molar-refractivity contribution in [2.75, 3.05) is 19.6 Å². The number of rotatable bonds is 4. The number of likely N-dealkylation sites (tertiary alicyclic amines) is 1. The van der Waals surface area contributed by atoms with Gasteiger partial charge in [-0.1, -0.05) is 30.3 Å². The largest absolute Gasteiger partial charge is 0.312 e. The Bertz CT molecular complexity index is 459. The van der Waals surface area contributed by atoms with E-state index in [9.17, 15) is 5.26 Å². The molecule has 3 heteroatoms. The van der Waals surface area contributed by atoms with Crippen LogP contribution in [0.25, 0.3) is 0 Å². The fourth-order valence-electron chi connectivity index (χ4n) is 3.71. The van der Waals surface area contributed by atoms with Gasteiger partial charge in [-0.2, -0.15) is 5.26 Å². The molecule has 0 spiro atoms. The van der Waals surface area contributed by atoms with Crippen molar-refractivity contribution in [3.63, 3.8) is 0 Å². The standard InChI is InChI=1S/C17H23N3/c18-12-15(14-6-2-1-3-7-14)13-20-11-5-9-17(20)16-8-4-10-19-16/h1-3,6-7,15-17,19H,4-5,8-11,13H2. The molecule has 3 unspecified atom stereocenters. The molecule has 2 aliphatic heterocycles. The van der Waals surface area contributed by atoms with E-state index in [2.05, 4.69) is 28.4 Å². The van der Waals surface area contributed by atoms with Crippen molar-refractivity contribution in [2.45, 2.75) is 43.7 Å². The van der Waals surface area contributed by atoms with E-state index in [1.807, 2.05) is 18.2 Å². The minimum atomic E-state index is -0.00166. The Hall–Kier alpha value is -1.37. The Morgan fingerprint density at radius 1 is 1.25 bits per heavy atom. The van der Waals surface area contributed by atoms with Crippen LogP contribution in [0.2, 0.25) is 0 Å². The second kappa shape index (κ2) is 6.39. The number of nitrogens with one attached hydrogen (secondary N) is 1. The third-order valence-electron chi connectivity index (χ3n) is 4.75. The van der Waals surface area contributed by atoms with Crippen LogP contribution in [0.5, 0.6) is 0 Å². The summed E-state index contributed by atoms with van der Waals surface area (Å²) in [7, 11) is 0. The van der Waals surface area contributed by atoms with Crippen molar-refractivity contribution in [3.8, 4) is 6.07 Å². The van der Waals surface area contributed by atoms with Gasteiger partial charge in [-0.15, -0.1) is 0 Å². The van der Waals surface area contributed by atoms with E-state index in [1.165, 1.54) is 25.7 Å². The highest BCUT2D eigenvalue weighted by molar-refractivity contribution is 5.25. The van der Waals surface area contributed by atoms with Gasteiger partial charge < -0.3 is 5.32 Å². The topological polar surface area (TPSA) is 39.1 Å². The van der Waals surface area contributed by atoms with Gasteiger partial charge in [0.05, 0.1) is 12.0 Å². The van der Waals surface area contributed by atoms with Crippen LogP contribution < -0.4 is 5.32 Å². The highest BCUT2D eigenvalue weighted by atomic mass is 15.2. The highest BCUT2D eigenvalue weighted by Crippen LogP contribution is 2.27. The van der Waals surface area contributed by atoms with Gasteiger partial charge in [-0.25, -0.2) is 0 Å². The third kappa shape index (κ3) is 2.87. The summed E-state index contributed by atoms with van der Waals surface area (Å²) >= 11 is 0. The SMILES string of the molecule is N#CC(CN1CCCC1C1CCCN1)c1ccccc1. The zero-order valence-electron chi connectivity index (χ0n) is 12.0. The summed E-state index contributed by atoms with van der Waals surface area (Å²) in [6.45, 7) is 3.19. The van der Waals surface area contributed by atoms with E-state index in [0.29, 0.717) is 12.1 Å². The number of benzene rings is 1. The molecule has 0 saturated carbocycles. The number of hydrogen-bond donors (Lipinski definition) is 1. The van der Waals surface area contributed by atoms with Crippen LogP contribution in [0.1, 0.15) is 37.2 Å². The smallest absolute Gasteiger partial charge is 0.0839 e. The predicted molar refractivity (Wildman–Crippen MR) is 80.4 cm³/mol. The third-order valence-corrected chi connectivity index (χ3v) is 4.75. The van der Waals surface area contributed by atoms with Crippen molar-refractivity contribution >= 4 is 0 Å². The maximum absolute atomic E-state index is 9.50. The van der Waals surface area contributed by atoms with Gasteiger partial charge in [0.15, 0.2) is 0 Å². The molecule has 2 saturated heterocycles. The number of nitrogens with zero attached hydrogens (tertiary/aromatic N) is 2. The van der Waals surface area contributed by atoms with E-state index < -0.39 is 0 Å². The summed E-state index contributed by atoms with van der Waals surface area (Å²) in [5.74, 6) is -0.00166. The summed E-state index contributed by atoms with van der Waals surface area (Å²) < 4.78 is 0. The van der Waals surface area contributed by atoms with Crippen LogP contribution >= 0.6 is 0 Å². The summed E-state index contributed by atoms with van der Waals surface area (Å²) in [5.41, 5.74) is 1.15. The molecule has 3 atom stereocenters. The lowest BCUT2D eigenvalue weighted by Crippen LogP contribution is -2.45. The van der Waals surface area contributed by atoms with Crippen molar-refractivity contribution in [1.82, 2.24) is 10.2 Å². The lowest BCUT2D eigenvalue weighted by atomic mass is 9.98. The first-order valence-electron chi connectivity index (χ1n) is 7.80. The van der Waals surface area contributed by atoms with E-state index in [4.69, 9.17) is 0 Å². The Morgan fingerprint density at radius 2 is 2.10 bits per heavy atom. The first-order chi connectivity index (χ1) is 9.88. The maximum Gasteiger partial charge on any atom is 0.0839 e. The Kier molecular flexibility index (Phi) is 4.34. The van der Waals surface area contributed by atoms with Gasteiger partial charge in [0.1, 0.15) is 0 Å². The second-order valence-corrected chi connectivity index (χ2v) is 6.00. The zero-order valence-corrected chi connectivity index (χ0v) is 12.0. The Labute approximate surface area is 121 Å². The molecule has 2 heterocycles. The molecule has 0 aliphatic carbocycles. The van der Waals surface area contributed by atoms with Crippen molar-refractivity contribution in [2.24, 2.45) is 0 Å². The fraction of sp³-hybridized carbons (Fsp3) is 0.588. The molecule has 3 rings (SSSR count). The molecule has 1 N–H and O–H groups in total. The molecule has 3 nitrogen and oxygen atoms in total. The average molecular weight is 269 g/mol. The summed E-state index contributed by atoms with van der Waals surface area (Å²) in [4.78, 5) is 2.55. The van der Waals surface area contributed by atoms with Crippen molar-refractivity contribution in [1.29, 1.82) is 5.26 Å². The van der Waals surface area contributed by atoms with Crippen LogP contribution in [0.3, 0.4) is 0 Å². The minimum absolute atomic E-state index is 0.00166. The monoisotopic (exact) mass is 269 g/mol. The molecular formula is C17H23N3. The van der Waals surface area contributed by atoms with E-state index in [1.54, 1.807) is 0 Å². The molecule has 2 fully saturated rings. The van der Waals surface area contributed by atoms with Gasteiger partial charge in [0, 0.05) is 18.6 Å². The molecule has 106 valence electrons. The fourth-order valence-corrected chi connectivity index (χ4v) is 3.71. The van der Waals surface area contributed by atoms with E-state index in [-0.39, 0.29) is 5.92 Å². The maximum atomic E-state index is 9.50. The van der Waals surface area contributed by atoms with Crippen molar-refractivity contribution < 1.29 is 0 Å². The van der Waals surface area contributed by atoms with Crippen LogP contribution in [0.15, 0.2) is 30.3 Å². The van der Waals surface area contributed by atoms with E-state index >= 15 is 0 Å². The lowest BCUT2D eigenvalue weighted by molar-refractivity contribution is 0.211. The van der Waals surface area contributed by atoms with Gasteiger partial charge in [0.25, 0.3) is 0 Å². The average Bonchev–Trinajstić information content (AvgIpc) is 3.16. The Morgan fingerprint density at radius 3 is 2.80 bits per heavy atom. The number of nitriles is 1.